The predicted molar refractivity (Wildman–Crippen MR) is 59.8 cm³/mol. The van der Waals surface area contributed by atoms with Crippen LogP contribution in [0.2, 0.25) is 0 Å². The molecular weight excluding hydrogens is 250 g/mol. The molecule has 0 amide bonds. The van der Waals surface area contributed by atoms with Gasteiger partial charge < -0.3 is 5.11 Å². The fourth-order valence-corrected chi connectivity index (χ4v) is 1.60. The SMILES string of the molecule is CC(c1ccc(F)cc1O)N(C)CCC(F)(F)F. The van der Waals surface area contributed by atoms with Gasteiger partial charge in [0.1, 0.15) is 11.6 Å². The molecule has 1 N–H and O–H groups in total. The van der Waals surface area contributed by atoms with Crippen LogP contribution in [-0.4, -0.2) is 29.8 Å². The van der Waals surface area contributed by atoms with Crippen LogP contribution in [0.1, 0.15) is 24.9 Å². The fourth-order valence-electron chi connectivity index (χ4n) is 1.60. The lowest BCUT2D eigenvalue weighted by Crippen LogP contribution is -2.27. The molecule has 0 aliphatic heterocycles. The molecule has 0 saturated heterocycles. The minimum absolute atomic E-state index is 0.179. The van der Waals surface area contributed by atoms with Crippen molar-refractivity contribution in [2.45, 2.75) is 25.6 Å². The molecule has 0 spiro atoms. The number of nitrogens with zero attached hydrogens (tertiary/aromatic N) is 1. The monoisotopic (exact) mass is 265 g/mol. The summed E-state index contributed by atoms with van der Waals surface area (Å²) in [6.07, 6.45) is -5.13. The quantitative estimate of drug-likeness (QED) is 0.842. The van der Waals surface area contributed by atoms with Crippen molar-refractivity contribution in [2.24, 2.45) is 0 Å². The lowest BCUT2D eigenvalue weighted by molar-refractivity contribution is -0.138. The molecular formula is C12H15F4NO. The van der Waals surface area contributed by atoms with E-state index < -0.39 is 24.5 Å². The normalized spacial score (nSPS) is 13.9. The molecule has 1 aromatic carbocycles. The minimum atomic E-state index is -4.21. The molecule has 1 unspecified atom stereocenters. The molecule has 0 aromatic heterocycles. The maximum absolute atomic E-state index is 12.8. The Bertz CT molecular complexity index is 406. The van der Waals surface area contributed by atoms with Gasteiger partial charge in [0, 0.05) is 24.2 Å². The zero-order valence-corrected chi connectivity index (χ0v) is 10.1. The molecule has 2 nitrogen and oxygen atoms in total. The van der Waals surface area contributed by atoms with E-state index in [4.69, 9.17) is 0 Å². The number of hydrogen-bond acceptors (Lipinski definition) is 2. The summed E-state index contributed by atoms with van der Waals surface area (Å²) < 4.78 is 49.1. The van der Waals surface area contributed by atoms with Gasteiger partial charge in [-0.3, -0.25) is 4.90 Å². The summed E-state index contributed by atoms with van der Waals surface area (Å²) in [5, 5.41) is 9.55. The summed E-state index contributed by atoms with van der Waals surface area (Å²) in [7, 11) is 1.53. The van der Waals surface area contributed by atoms with Gasteiger partial charge >= 0.3 is 6.18 Å². The maximum atomic E-state index is 12.8. The van der Waals surface area contributed by atoms with Crippen molar-refractivity contribution in [3.05, 3.63) is 29.6 Å². The first kappa shape index (κ1) is 14.8. The van der Waals surface area contributed by atoms with E-state index in [2.05, 4.69) is 0 Å². The molecule has 0 fully saturated rings. The van der Waals surface area contributed by atoms with Gasteiger partial charge in [-0.25, -0.2) is 4.39 Å². The van der Waals surface area contributed by atoms with E-state index >= 15 is 0 Å². The van der Waals surface area contributed by atoms with Crippen LogP contribution >= 0.6 is 0 Å². The third-order valence-corrected chi connectivity index (χ3v) is 2.85. The molecule has 0 radical (unpaired) electrons. The zero-order chi connectivity index (χ0) is 13.9. The molecule has 18 heavy (non-hydrogen) atoms. The van der Waals surface area contributed by atoms with E-state index in [1.165, 1.54) is 24.1 Å². The highest BCUT2D eigenvalue weighted by molar-refractivity contribution is 5.34. The molecule has 0 aliphatic rings. The number of phenols is 1. The van der Waals surface area contributed by atoms with Gasteiger partial charge in [-0.15, -0.1) is 0 Å². The van der Waals surface area contributed by atoms with Crippen LogP contribution in [0.4, 0.5) is 17.6 Å². The first-order chi connectivity index (χ1) is 8.20. The van der Waals surface area contributed by atoms with E-state index in [-0.39, 0.29) is 12.3 Å². The Hall–Kier alpha value is -1.30. The molecule has 0 saturated carbocycles. The van der Waals surface area contributed by atoms with Crippen LogP contribution in [0.25, 0.3) is 0 Å². The Morgan fingerprint density at radius 3 is 2.44 bits per heavy atom. The lowest BCUT2D eigenvalue weighted by Gasteiger charge is -2.26. The van der Waals surface area contributed by atoms with Crippen molar-refractivity contribution in [3.8, 4) is 5.75 Å². The average Bonchev–Trinajstić information content (AvgIpc) is 2.24. The van der Waals surface area contributed by atoms with Crippen LogP contribution in [0.3, 0.4) is 0 Å². The molecule has 102 valence electrons. The smallest absolute Gasteiger partial charge is 0.390 e. The van der Waals surface area contributed by atoms with Crippen LogP contribution in [-0.2, 0) is 0 Å². The number of hydrogen-bond donors (Lipinski definition) is 1. The first-order valence-electron chi connectivity index (χ1n) is 5.46. The summed E-state index contributed by atoms with van der Waals surface area (Å²) >= 11 is 0. The number of rotatable bonds is 4. The number of benzene rings is 1. The fraction of sp³-hybridized carbons (Fsp3) is 0.500. The third-order valence-electron chi connectivity index (χ3n) is 2.85. The Morgan fingerprint density at radius 1 is 1.33 bits per heavy atom. The topological polar surface area (TPSA) is 23.5 Å². The second-order valence-corrected chi connectivity index (χ2v) is 4.22. The van der Waals surface area contributed by atoms with Gasteiger partial charge in [0.15, 0.2) is 0 Å². The van der Waals surface area contributed by atoms with Crippen LogP contribution < -0.4 is 0 Å². The van der Waals surface area contributed by atoms with Crippen molar-refractivity contribution in [2.75, 3.05) is 13.6 Å². The van der Waals surface area contributed by atoms with E-state index in [1.807, 2.05) is 0 Å². The third kappa shape index (κ3) is 4.18. The Kier molecular flexibility index (Phi) is 4.56. The summed E-state index contributed by atoms with van der Waals surface area (Å²) in [6.45, 7) is 1.48. The number of aromatic hydroxyl groups is 1. The van der Waals surface area contributed by atoms with Gasteiger partial charge in [-0.05, 0) is 20.0 Å². The van der Waals surface area contributed by atoms with Crippen molar-refractivity contribution in [1.29, 1.82) is 0 Å². The standard InChI is InChI=1S/C12H15F4NO/c1-8(17(2)6-5-12(14,15)16)10-4-3-9(13)7-11(10)18/h3-4,7-8,18H,5-6H2,1-2H3. The Morgan fingerprint density at radius 2 is 1.94 bits per heavy atom. The maximum Gasteiger partial charge on any atom is 0.390 e. The van der Waals surface area contributed by atoms with Crippen molar-refractivity contribution in [1.82, 2.24) is 4.90 Å². The van der Waals surface area contributed by atoms with E-state index in [0.29, 0.717) is 5.56 Å². The molecule has 1 atom stereocenters. The van der Waals surface area contributed by atoms with Crippen LogP contribution in [0.15, 0.2) is 18.2 Å². The average molecular weight is 265 g/mol. The van der Waals surface area contributed by atoms with Gasteiger partial charge in [-0.2, -0.15) is 13.2 Å². The second kappa shape index (κ2) is 5.56. The highest BCUT2D eigenvalue weighted by Gasteiger charge is 2.28. The molecule has 6 heteroatoms. The molecule has 1 rings (SSSR count). The van der Waals surface area contributed by atoms with Crippen LogP contribution in [0, 0.1) is 5.82 Å². The van der Waals surface area contributed by atoms with Gasteiger partial charge in [0.2, 0.25) is 0 Å². The highest BCUT2D eigenvalue weighted by atomic mass is 19.4. The molecule has 0 heterocycles. The van der Waals surface area contributed by atoms with E-state index in [9.17, 15) is 22.7 Å². The van der Waals surface area contributed by atoms with E-state index in [1.54, 1.807) is 6.92 Å². The first-order valence-corrected chi connectivity index (χ1v) is 5.46. The van der Waals surface area contributed by atoms with Gasteiger partial charge in [0.05, 0.1) is 6.42 Å². The Labute approximate surface area is 103 Å². The zero-order valence-electron chi connectivity index (χ0n) is 10.1. The molecule has 0 aliphatic carbocycles. The minimum Gasteiger partial charge on any atom is -0.508 e. The van der Waals surface area contributed by atoms with Crippen molar-refractivity contribution < 1.29 is 22.7 Å². The number of phenolic OH excluding ortho intramolecular Hbond substituents is 1. The number of alkyl halides is 3. The second-order valence-electron chi connectivity index (χ2n) is 4.22. The molecule has 0 bridgehead atoms. The number of halogens is 4. The predicted octanol–water partition coefficient (Wildman–Crippen LogP) is 3.48. The lowest BCUT2D eigenvalue weighted by atomic mass is 10.1. The summed E-state index contributed by atoms with van der Waals surface area (Å²) in [4.78, 5) is 1.46. The summed E-state index contributed by atoms with van der Waals surface area (Å²) in [6, 6.07) is 3.07. The highest BCUT2D eigenvalue weighted by Crippen LogP contribution is 2.29. The largest absolute Gasteiger partial charge is 0.508 e. The van der Waals surface area contributed by atoms with Gasteiger partial charge in [-0.1, -0.05) is 6.07 Å². The molecule has 1 aromatic rings. The van der Waals surface area contributed by atoms with Gasteiger partial charge in [0.25, 0.3) is 0 Å². The summed E-state index contributed by atoms with van der Waals surface area (Å²) in [5.74, 6) is -0.831. The van der Waals surface area contributed by atoms with Crippen molar-refractivity contribution >= 4 is 0 Å². The summed E-state index contributed by atoms with van der Waals surface area (Å²) in [5.41, 5.74) is 0.404. The Balaban J connectivity index is 2.71. The van der Waals surface area contributed by atoms with E-state index in [0.717, 1.165) is 6.07 Å². The van der Waals surface area contributed by atoms with Crippen molar-refractivity contribution in [3.63, 3.8) is 0 Å². The van der Waals surface area contributed by atoms with Crippen LogP contribution in [0.5, 0.6) is 5.75 Å².